The normalized spacial score (nSPS) is 41.7. The van der Waals surface area contributed by atoms with Gasteiger partial charge < -0.3 is 29.7 Å². The summed E-state index contributed by atoms with van der Waals surface area (Å²) in [5, 5.41) is 24.4. The summed E-state index contributed by atoms with van der Waals surface area (Å²) in [5.41, 5.74) is -2.27. The Morgan fingerprint density at radius 3 is 2.41 bits per heavy atom. The molecule has 1 saturated carbocycles. The van der Waals surface area contributed by atoms with Crippen LogP contribution in [-0.2, 0) is 23.8 Å². The topological polar surface area (TPSA) is 121 Å². The minimum atomic E-state index is -1.35. The molecule has 4 aliphatic rings. The molecule has 1 spiro atoms. The molecule has 0 bridgehead atoms. The van der Waals surface area contributed by atoms with Gasteiger partial charge in [-0.05, 0) is 31.3 Å². The third kappa shape index (κ3) is 5.12. The first kappa shape index (κ1) is 25.8. The lowest BCUT2D eigenvalue weighted by Gasteiger charge is -2.33. The van der Waals surface area contributed by atoms with Crippen LogP contribution < -0.4 is 5.32 Å². The van der Waals surface area contributed by atoms with Crippen LogP contribution in [0.4, 0.5) is 0 Å². The molecule has 3 heterocycles. The zero-order chi connectivity index (χ0) is 24.7. The number of aliphatic hydroxyl groups excluding tert-OH is 1. The highest BCUT2D eigenvalue weighted by molar-refractivity contribution is 5.87. The second-order valence-corrected chi connectivity index (χ2v) is 11.1. The van der Waals surface area contributed by atoms with Crippen molar-refractivity contribution in [3.05, 3.63) is 12.2 Å². The molecule has 8 heteroatoms. The van der Waals surface area contributed by atoms with E-state index in [0.717, 1.165) is 6.42 Å². The van der Waals surface area contributed by atoms with E-state index < -0.39 is 47.9 Å². The molecule has 4 rings (SSSR count). The number of ketones is 1. The van der Waals surface area contributed by atoms with Crippen LogP contribution in [0.1, 0.15) is 79.1 Å². The van der Waals surface area contributed by atoms with Crippen molar-refractivity contribution >= 4 is 11.7 Å². The number of epoxide rings is 2. The SMILES string of the molecule is CCCCCCC(C)CC(C)C=CC(=O)NC1CC2(OC1O)C1OC1C(O)(CC(C)=O)C1OC12. The molecule has 3 aliphatic heterocycles. The summed E-state index contributed by atoms with van der Waals surface area (Å²) in [6.07, 6.45) is 7.87. The lowest BCUT2D eigenvalue weighted by Crippen LogP contribution is -2.57. The van der Waals surface area contributed by atoms with E-state index in [0.29, 0.717) is 18.3 Å². The molecule has 8 atom stereocenters. The molecule has 0 aromatic rings. The predicted octanol–water partition coefficient (Wildman–Crippen LogP) is 2.40. The van der Waals surface area contributed by atoms with E-state index >= 15 is 0 Å². The van der Waals surface area contributed by atoms with Crippen LogP contribution in [-0.4, -0.2) is 69.9 Å². The van der Waals surface area contributed by atoms with E-state index in [1.54, 1.807) is 6.08 Å². The highest BCUT2D eigenvalue weighted by Gasteiger charge is 2.83. The number of carbonyl (C=O) groups excluding carboxylic acids is 2. The summed E-state index contributed by atoms with van der Waals surface area (Å²) in [4.78, 5) is 24.2. The molecule has 4 fully saturated rings. The Hall–Kier alpha value is -1.32. The Morgan fingerprint density at radius 2 is 1.79 bits per heavy atom. The van der Waals surface area contributed by atoms with Crippen LogP contribution in [0.25, 0.3) is 0 Å². The van der Waals surface area contributed by atoms with Crippen LogP contribution in [0.3, 0.4) is 0 Å². The first-order valence-electron chi connectivity index (χ1n) is 13.0. The van der Waals surface area contributed by atoms with E-state index in [1.165, 1.54) is 39.0 Å². The van der Waals surface area contributed by atoms with Crippen LogP contribution in [0.15, 0.2) is 12.2 Å². The number of aliphatic hydroxyl groups is 2. The molecule has 0 aromatic carbocycles. The van der Waals surface area contributed by atoms with Crippen molar-refractivity contribution in [1.29, 1.82) is 0 Å². The number of hydrogen-bond acceptors (Lipinski definition) is 7. The molecule has 8 nitrogen and oxygen atoms in total. The van der Waals surface area contributed by atoms with Gasteiger partial charge in [-0.25, -0.2) is 0 Å². The molecule has 8 unspecified atom stereocenters. The molecule has 3 saturated heterocycles. The highest BCUT2D eigenvalue weighted by Crippen LogP contribution is 2.62. The van der Waals surface area contributed by atoms with E-state index in [2.05, 4.69) is 26.1 Å². The summed E-state index contributed by atoms with van der Waals surface area (Å²) in [7, 11) is 0. The van der Waals surface area contributed by atoms with Crippen molar-refractivity contribution in [2.75, 3.05) is 0 Å². The summed E-state index contributed by atoms with van der Waals surface area (Å²) in [6.45, 7) is 8.04. The van der Waals surface area contributed by atoms with Gasteiger partial charge in [-0.1, -0.05) is 59.0 Å². The first-order chi connectivity index (χ1) is 16.1. The van der Waals surface area contributed by atoms with E-state index in [-0.39, 0.29) is 18.1 Å². The Morgan fingerprint density at radius 1 is 1.12 bits per heavy atom. The Balaban J connectivity index is 1.26. The van der Waals surface area contributed by atoms with Crippen molar-refractivity contribution in [3.63, 3.8) is 0 Å². The quantitative estimate of drug-likeness (QED) is 0.223. The van der Waals surface area contributed by atoms with Gasteiger partial charge in [0.05, 0.1) is 6.04 Å². The zero-order valence-corrected chi connectivity index (χ0v) is 20.9. The maximum atomic E-state index is 12.6. The summed E-state index contributed by atoms with van der Waals surface area (Å²) < 4.78 is 17.4. The maximum Gasteiger partial charge on any atom is 0.244 e. The van der Waals surface area contributed by atoms with Crippen LogP contribution in [0.2, 0.25) is 0 Å². The summed E-state index contributed by atoms with van der Waals surface area (Å²) in [5.74, 6) is 0.515. The van der Waals surface area contributed by atoms with Crippen molar-refractivity contribution in [2.24, 2.45) is 11.8 Å². The fourth-order valence-electron chi connectivity index (χ4n) is 6.17. The number of allylic oxidation sites excluding steroid dienone is 1. The average Bonchev–Trinajstić information content (AvgIpc) is 3.66. The summed E-state index contributed by atoms with van der Waals surface area (Å²) in [6, 6.07) is -0.598. The number of carbonyl (C=O) groups is 2. The first-order valence-corrected chi connectivity index (χ1v) is 13.0. The van der Waals surface area contributed by atoms with E-state index in [1.807, 2.05) is 6.08 Å². The van der Waals surface area contributed by atoms with Crippen LogP contribution in [0, 0.1) is 11.8 Å². The molecule has 0 aromatic heterocycles. The summed E-state index contributed by atoms with van der Waals surface area (Å²) >= 11 is 0. The number of unbranched alkanes of at least 4 members (excludes halogenated alkanes) is 3. The molecule has 0 radical (unpaired) electrons. The van der Waals surface area contributed by atoms with Crippen molar-refractivity contribution in [2.45, 2.75) is 127 Å². The molecule has 1 aliphatic carbocycles. The highest BCUT2D eigenvalue weighted by atomic mass is 16.7. The van der Waals surface area contributed by atoms with Gasteiger partial charge in [-0.15, -0.1) is 0 Å². The van der Waals surface area contributed by atoms with Gasteiger partial charge in [-0.2, -0.15) is 0 Å². The Kier molecular flexibility index (Phi) is 7.56. The van der Waals surface area contributed by atoms with Gasteiger partial charge >= 0.3 is 0 Å². The number of hydrogen-bond donors (Lipinski definition) is 3. The zero-order valence-electron chi connectivity index (χ0n) is 20.9. The molecule has 192 valence electrons. The largest absolute Gasteiger partial charge is 0.384 e. The van der Waals surface area contributed by atoms with E-state index in [4.69, 9.17) is 14.2 Å². The fraction of sp³-hybridized carbons (Fsp3) is 0.846. The number of rotatable bonds is 12. The molecular formula is C26H41NO7. The fourth-order valence-corrected chi connectivity index (χ4v) is 6.17. The third-order valence-corrected chi connectivity index (χ3v) is 7.92. The lowest BCUT2D eigenvalue weighted by atomic mass is 9.72. The molecule has 34 heavy (non-hydrogen) atoms. The Labute approximate surface area is 202 Å². The van der Waals surface area contributed by atoms with Crippen molar-refractivity contribution in [3.8, 4) is 0 Å². The number of fused-ring (bicyclic) bond motifs is 4. The molecule has 1 amide bonds. The maximum absolute atomic E-state index is 12.6. The van der Waals surface area contributed by atoms with Gasteiger partial charge in [0.2, 0.25) is 5.91 Å². The van der Waals surface area contributed by atoms with Gasteiger partial charge in [0.1, 0.15) is 41.4 Å². The van der Waals surface area contributed by atoms with Gasteiger partial charge in [0.15, 0.2) is 6.29 Å². The second-order valence-electron chi connectivity index (χ2n) is 11.1. The minimum Gasteiger partial charge on any atom is -0.384 e. The minimum absolute atomic E-state index is 0.0333. The van der Waals surface area contributed by atoms with Crippen molar-refractivity contribution < 1.29 is 34.0 Å². The molecule has 3 N–H and O–H groups in total. The number of amides is 1. The Bertz CT molecular complexity index is 780. The van der Waals surface area contributed by atoms with Gasteiger partial charge in [-0.3, -0.25) is 9.59 Å². The second kappa shape index (κ2) is 9.97. The number of nitrogens with one attached hydrogen (secondary N) is 1. The number of ether oxygens (including phenoxy) is 3. The van der Waals surface area contributed by atoms with Gasteiger partial charge in [0, 0.05) is 12.8 Å². The molecular weight excluding hydrogens is 438 g/mol. The monoisotopic (exact) mass is 479 g/mol. The van der Waals surface area contributed by atoms with Crippen LogP contribution >= 0.6 is 0 Å². The van der Waals surface area contributed by atoms with Crippen LogP contribution in [0.5, 0.6) is 0 Å². The third-order valence-electron chi connectivity index (χ3n) is 7.92. The van der Waals surface area contributed by atoms with E-state index in [9.17, 15) is 19.8 Å². The lowest BCUT2D eigenvalue weighted by molar-refractivity contribution is -0.161. The number of Topliss-reactive ketones (excluding diaryl/α,β-unsaturated/α-hetero) is 1. The van der Waals surface area contributed by atoms with Crippen molar-refractivity contribution in [1.82, 2.24) is 5.32 Å². The average molecular weight is 480 g/mol. The van der Waals surface area contributed by atoms with Gasteiger partial charge in [0.25, 0.3) is 0 Å². The smallest absolute Gasteiger partial charge is 0.244 e. The standard InChI is InChI=1S/C26H41NO7/c1-5-6-7-8-9-15(2)12-16(3)10-11-19(29)27-18-14-26(34-24(18)30)22-20(32-22)25(31,13-17(4)28)21-23(26)33-21/h10-11,15-16,18,20-24,30-31H,5-9,12-14H2,1-4H3,(H,27,29). The predicted molar refractivity (Wildman–Crippen MR) is 125 cm³/mol.